The molecule has 8 nitrogen and oxygen atoms in total. The smallest absolute Gasteiger partial charge is 0.381 e. The van der Waals surface area contributed by atoms with E-state index in [-0.39, 0.29) is 44.5 Å². The van der Waals surface area contributed by atoms with Gasteiger partial charge in [-0.25, -0.2) is 8.78 Å². The van der Waals surface area contributed by atoms with Crippen molar-refractivity contribution in [2.75, 3.05) is 19.0 Å². The van der Waals surface area contributed by atoms with Gasteiger partial charge in [-0.2, -0.15) is 18.3 Å². The lowest BCUT2D eigenvalue weighted by Crippen LogP contribution is -2.90. The van der Waals surface area contributed by atoms with E-state index in [0.717, 1.165) is 43.9 Å². The summed E-state index contributed by atoms with van der Waals surface area (Å²) in [7, 11) is 3.27. The first kappa shape index (κ1) is 34.3. The molecule has 1 aliphatic carbocycles. The molecule has 3 heterocycles. The number of aromatic nitrogens is 3. The number of ether oxygens (including phenoxy) is 1. The minimum absolute atomic E-state index is 0.0607. The lowest BCUT2D eigenvalue weighted by atomic mass is 9.93. The van der Waals surface area contributed by atoms with Crippen LogP contribution in [0.4, 0.5) is 27.6 Å². The van der Waals surface area contributed by atoms with Crippen molar-refractivity contribution in [3.8, 4) is 11.1 Å². The van der Waals surface area contributed by atoms with E-state index in [1.165, 1.54) is 51.8 Å². The van der Waals surface area contributed by atoms with Crippen LogP contribution in [0, 0.1) is 11.6 Å². The molecule has 14 heteroatoms. The van der Waals surface area contributed by atoms with Crippen LogP contribution < -0.4 is 10.6 Å². The number of rotatable bonds is 9. The second-order valence-electron chi connectivity index (χ2n) is 12.0. The average Bonchev–Trinajstić information content (AvgIpc) is 3.67. The van der Waals surface area contributed by atoms with Crippen molar-refractivity contribution in [2.24, 2.45) is 7.05 Å². The van der Waals surface area contributed by atoms with Gasteiger partial charge < -0.3 is 19.8 Å². The number of halogens is 6. The Balaban J connectivity index is 1.23. The molecule has 0 spiro atoms. The molecule has 2 aromatic carbocycles. The number of nitrogens with zero attached hydrogens (tertiary/aromatic N) is 3. The zero-order valence-electron chi connectivity index (χ0n) is 26.5. The molecule has 1 saturated carbocycles. The Morgan fingerprint density at radius 3 is 2.49 bits per heavy atom. The molecule has 3 aromatic heterocycles. The number of fused-ring (bicyclic) bond motifs is 2. The number of anilines is 1. The Bertz CT molecular complexity index is 2070. The Hall–Kier alpha value is -4.59. The Morgan fingerprint density at radius 2 is 1.82 bits per heavy atom. The Kier molecular flexibility index (Phi) is 9.61. The standard InChI is InChI=1S/C35H31ClF5N5O3/c1-45-18-23-27(44-45)17-24(35(39,40)41)31(32(23)36)22-5-4-14-46-28(22)11-12-29(46)34(48)19-15-25(37)33(26(38)16-19)43-30(47)6-3-13-42-20-7-9-21(49-2)10-8-20/h3-6,11-12,14-18,20-21,42H,7-10,13H2,1-2H3,(H,43,47)/p+1/b6-3+. The molecule has 1 aliphatic rings. The summed E-state index contributed by atoms with van der Waals surface area (Å²) in [6.45, 7) is 0.517. The number of aryl methyl sites for hydroxylation is 1. The predicted molar refractivity (Wildman–Crippen MR) is 175 cm³/mol. The maximum Gasteiger partial charge on any atom is 0.417 e. The van der Waals surface area contributed by atoms with Gasteiger partial charge in [-0.1, -0.05) is 17.7 Å². The number of benzene rings is 2. The number of quaternary nitrogens is 1. The van der Waals surface area contributed by atoms with E-state index in [1.54, 1.807) is 20.2 Å². The van der Waals surface area contributed by atoms with E-state index >= 15 is 8.78 Å². The van der Waals surface area contributed by atoms with Crippen LogP contribution in [0.1, 0.15) is 47.3 Å². The number of hydrogen-bond acceptors (Lipinski definition) is 4. The van der Waals surface area contributed by atoms with Crippen molar-refractivity contribution in [3.63, 3.8) is 0 Å². The summed E-state index contributed by atoms with van der Waals surface area (Å²) >= 11 is 6.58. The highest BCUT2D eigenvalue weighted by atomic mass is 35.5. The van der Waals surface area contributed by atoms with E-state index in [2.05, 4.69) is 15.7 Å². The molecular formula is C35H32ClF5N5O3+. The monoisotopic (exact) mass is 700 g/mol. The molecule has 49 heavy (non-hydrogen) atoms. The molecule has 1 fully saturated rings. The zero-order valence-corrected chi connectivity index (χ0v) is 27.2. The fraction of sp³-hybridized carbons (Fsp3) is 0.286. The van der Waals surface area contributed by atoms with Crippen molar-refractivity contribution < 1.29 is 41.6 Å². The summed E-state index contributed by atoms with van der Waals surface area (Å²) in [6, 6.07) is 8.60. The summed E-state index contributed by atoms with van der Waals surface area (Å²) in [5.41, 5.74) is -2.08. The summed E-state index contributed by atoms with van der Waals surface area (Å²) < 4.78 is 81.2. The maximum absolute atomic E-state index is 15.1. The van der Waals surface area contributed by atoms with Gasteiger partial charge in [-0.15, -0.1) is 0 Å². The Morgan fingerprint density at radius 1 is 1.10 bits per heavy atom. The van der Waals surface area contributed by atoms with Crippen molar-refractivity contribution in [1.29, 1.82) is 0 Å². The number of ketones is 1. The number of nitrogens with two attached hydrogens (primary N) is 1. The second-order valence-corrected chi connectivity index (χ2v) is 12.4. The third kappa shape index (κ3) is 6.96. The number of carbonyl (C=O) groups excluding carboxylic acids is 2. The summed E-state index contributed by atoms with van der Waals surface area (Å²) in [5.74, 6) is -3.87. The van der Waals surface area contributed by atoms with Gasteiger partial charge in [0.05, 0.1) is 46.0 Å². The number of carbonyl (C=O) groups is 2. The highest BCUT2D eigenvalue weighted by Crippen LogP contribution is 2.45. The first-order valence-corrected chi connectivity index (χ1v) is 15.9. The molecule has 1 amide bonds. The minimum Gasteiger partial charge on any atom is -0.381 e. The lowest BCUT2D eigenvalue weighted by Gasteiger charge is -2.25. The van der Waals surface area contributed by atoms with Crippen molar-refractivity contribution in [1.82, 2.24) is 14.2 Å². The van der Waals surface area contributed by atoms with Crippen LogP contribution in [-0.4, -0.2) is 51.7 Å². The second kappa shape index (κ2) is 13.7. The first-order chi connectivity index (χ1) is 23.3. The van der Waals surface area contributed by atoms with E-state index < -0.39 is 40.8 Å². The van der Waals surface area contributed by atoms with Crippen molar-refractivity contribution in [3.05, 3.63) is 100 Å². The lowest BCUT2D eigenvalue weighted by molar-refractivity contribution is -0.684. The van der Waals surface area contributed by atoms with Crippen molar-refractivity contribution in [2.45, 2.75) is 44.0 Å². The number of nitrogens with one attached hydrogen (secondary N) is 1. The number of alkyl halides is 3. The van der Waals surface area contributed by atoms with Crippen LogP contribution in [-0.2, 0) is 22.8 Å². The molecule has 0 aliphatic heterocycles. The van der Waals surface area contributed by atoms with E-state index in [9.17, 15) is 22.8 Å². The molecule has 3 N–H and O–H groups in total. The molecule has 6 rings (SSSR count). The summed E-state index contributed by atoms with van der Waals surface area (Å²) in [5, 5.41) is 8.51. The maximum atomic E-state index is 15.1. The number of hydrogen-bond donors (Lipinski definition) is 2. The number of methoxy groups -OCH3 is 1. The summed E-state index contributed by atoms with van der Waals surface area (Å²) in [4.78, 5) is 26.0. The van der Waals surface area contributed by atoms with Crippen LogP contribution in [0.2, 0.25) is 5.02 Å². The van der Waals surface area contributed by atoms with Crippen LogP contribution in [0.5, 0.6) is 0 Å². The zero-order chi connectivity index (χ0) is 35.0. The Labute approximate surface area is 282 Å². The van der Waals surface area contributed by atoms with E-state index in [1.807, 2.05) is 0 Å². The quantitative estimate of drug-likeness (QED) is 0.102. The highest BCUT2D eigenvalue weighted by Gasteiger charge is 2.37. The number of amides is 1. The molecule has 0 bridgehead atoms. The predicted octanol–water partition coefficient (Wildman–Crippen LogP) is 6.69. The molecule has 5 aromatic rings. The van der Waals surface area contributed by atoms with Gasteiger partial charge in [0.2, 0.25) is 11.7 Å². The van der Waals surface area contributed by atoms with Gasteiger partial charge >= 0.3 is 6.18 Å². The molecule has 0 saturated heterocycles. The summed E-state index contributed by atoms with van der Waals surface area (Å²) in [6.07, 6.45) is 5.20. The molecule has 0 unspecified atom stereocenters. The fourth-order valence-electron chi connectivity index (χ4n) is 6.41. The van der Waals surface area contributed by atoms with E-state index in [4.69, 9.17) is 16.3 Å². The first-order valence-electron chi connectivity index (χ1n) is 15.6. The normalized spacial score (nSPS) is 17.0. The largest absolute Gasteiger partial charge is 0.417 e. The van der Waals surface area contributed by atoms with Crippen LogP contribution in [0.25, 0.3) is 27.5 Å². The molecule has 256 valence electrons. The van der Waals surface area contributed by atoms with Crippen LogP contribution >= 0.6 is 11.6 Å². The van der Waals surface area contributed by atoms with E-state index in [0.29, 0.717) is 18.0 Å². The van der Waals surface area contributed by atoms with Crippen LogP contribution in [0.15, 0.2) is 67.0 Å². The molecule has 0 radical (unpaired) electrons. The van der Waals surface area contributed by atoms with Crippen LogP contribution in [0.3, 0.4) is 0 Å². The topological polar surface area (TPSA) is 94.2 Å². The van der Waals surface area contributed by atoms with Gasteiger partial charge in [-0.3, -0.25) is 14.3 Å². The molecular weight excluding hydrogens is 669 g/mol. The molecule has 0 atom stereocenters. The van der Waals surface area contributed by atoms with Gasteiger partial charge in [0.15, 0.2) is 0 Å². The average molecular weight is 701 g/mol. The van der Waals surface area contributed by atoms with Gasteiger partial charge in [0.1, 0.15) is 17.3 Å². The van der Waals surface area contributed by atoms with Gasteiger partial charge in [0, 0.05) is 67.5 Å². The third-order valence-corrected chi connectivity index (χ3v) is 9.24. The fourth-order valence-corrected chi connectivity index (χ4v) is 6.76. The SMILES string of the molecule is COC1CCC([NH2+]C/C=C/C(=O)Nc2c(F)cc(C(=O)c3ccc4c(-c5c(C(F)(F)F)cc6nn(C)cc6c5Cl)cccn34)cc2F)CC1. The number of pyridine rings is 1. The highest BCUT2D eigenvalue weighted by molar-refractivity contribution is 6.38. The third-order valence-electron chi connectivity index (χ3n) is 8.84. The minimum atomic E-state index is -4.78. The van der Waals surface area contributed by atoms with Gasteiger partial charge in [0.25, 0.3) is 0 Å². The van der Waals surface area contributed by atoms with Crippen molar-refractivity contribution >= 4 is 45.4 Å². The van der Waals surface area contributed by atoms with Gasteiger partial charge in [-0.05, 0) is 55.3 Å².